The highest BCUT2D eigenvalue weighted by Gasteiger charge is 2.24. The van der Waals surface area contributed by atoms with Crippen molar-refractivity contribution in [3.63, 3.8) is 0 Å². The van der Waals surface area contributed by atoms with Gasteiger partial charge in [0.2, 0.25) is 0 Å². The molecule has 0 atom stereocenters. The van der Waals surface area contributed by atoms with Gasteiger partial charge in [0.1, 0.15) is 39.3 Å². The van der Waals surface area contributed by atoms with E-state index in [1.165, 1.54) is 60.3 Å². The van der Waals surface area contributed by atoms with Gasteiger partial charge in [0.15, 0.2) is 0 Å². The fourth-order valence-electron chi connectivity index (χ4n) is 3.94. The number of H-pyrrole nitrogens is 1. The van der Waals surface area contributed by atoms with E-state index in [-0.39, 0.29) is 0 Å². The zero-order chi connectivity index (χ0) is 16.4. The molecule has 3 nitrogen and oxygen atoms in total. The molecule has 0 unspecified atom stereocenters. The SMILES string of the molecule is Cc1ccccc1C[NH+]1CC[NH+](Cc2c[nH]c3ccccc23)CC1. The predicted octanol–water partition coefficient (Wildman–Crippen LogP) is 0.960. The second-order valence-electron chi connectivity index (χ2n) is 7.14. The molecule has 0 aliphatic carbocycles. The van der Waals surface area contributed by atoms with Crippen molar-refractivity contribution >= 4 is 10.9 Å². The molecule has 1 aliphatic rings. The van der Waals surface area contributed by atoms with E-state index in [0.29, 0.717) is 0 Å². The molecule has 1 saturated heterocycles. The van der Waals surface area contributed by atoms with E-state index in [2.05, 4.69) is 66.6 Å². The van der Waals surface area contributed by atoms with Gasteiger partial charge in [0.05, 0.1) is 0 Å². The standard InChI is InChI=1S/C21H25N3/c1-17-6-2-3-7-18(17)15-23-10-12-24(13-11-23)16-19-14-22-21-9-5-4-8-20(19)21/h2-9,14,22H,10-13,15-16H2,1H3/p+2. The van der Waals surface area contributed by atoms with Crippen molar-refractivity contribution in [1.82, 2.24) is 4.98 Å². The molecule has 0 radical (unpaired) electrons. The largest absolute Gasteiger partial charge is 0.361 e. The Balaban J connectivity index is 1.35. The van der Waals surface area contributed by atoms with Gasteiger partial charge in [-0.2, -0.15) is 0 Å². The van der Waals surface area contributed by atoms with Crippen LogP contribution in [-0.2, 0) is 13.1 Å². The summed E-state index contributed by atoms with van der Waals surface area (Å²) in [5.74, 6) is 0. The van der Waals surface area contributed by atoms with E-state index in [9.17, 15) is 0 Å². The lowest BCUT2D eigenvalue weighted by atomic mass is 10.1. The van der Waals surface area contributed by atoms with Crippen LogP contribution in [0.2, 0.25) is 0 Å². The lowest BCUT2D eigenvalue weighted by molar-refractivity contribution is -1.02. The fourth-order valence-corrected chi connectivity index (χ4v) is 3.94. The van der Waals surface area contributed by atoms with Crippen LogP contribution in [0.25, 0.3) is 10.9 Å². The Morgan fingerprint density at radius 1 is 0.792 bits per heavy atom. The van der Waals surface area contributed by atoms with Crippen LogP contribution in [0.1, 0.15) is 16.7 Å². The minimum atomic E-state index is 1.14. The molecular weight excluding hydrogens is 294 g/mol. The number of piperazine rings is 1. The summed E-state index contributed by atoms with van der Waals surface area (Å²) < 4.78 is 0. The van der Waals surface area contributed by atoms with E-state index in [1.807, 2.05) is 0 Å². The van der Waals surface area contributed by atoms with Crippen LogP contribution in [0.3, 0.4) is 0 Å². The first-order chi connectivity index (χ1) is 11.8. The van der Waals surface area contributed by atoms with Crippen LogP contribution < -0.4 is 9.80 Å². The summed E-state index contributed by atoms with van der Waals surface area (Å²) in [6.07, 6.45) is 2.20. The zero-order valence-corrected chi connectivity index (χ0v) is 14.4. The van der Waals surface area contributed by atoms with Crippen molar-refractivity contribution in [3.05, 3.63) is 71.4 Å². The van der Waals surface area contributed by atoms with Crippen LogP contribution in [0.4, 0.5) is 0 Å². The van der Waals surface area contributed by atoms with Crippen LogP contribution in [0.15, 0.2) is 54.7 Å². The lowest BCUT2D eigenvalue weighted by Crippen LogP contribution is -3.27. The number of rotatable bonds is 4. The molecule has 4 rings (SSSR count). The number of benzene rings is 2. The molecule has 2 heterocycles. The van der Waals surface area contributed by atoms with Gasteiger partial charge in [-0.1, -0.05) is 42.5 Å². The maximum absolute atomic E-state index is 3.41. The maximum Gasteiger partial charge on any atom is 0.127 e. The Morgan fingerprint density at radius 3 is 2.17 bits per heavy atom. The highest BCUT2D eigenvalue weighted by molar-refractivity contribution is 5.82. The van der Waals surface area contributed by atoms with Crippen LogP contribution >= 0.6 is 0 Å². The number of hydrogen-bond acceptors (Lipinski definition) is 0. The van der Waals surface area contributed by atoms with Gasteiger partial charge in [-0.05, 0) is 18.6 Å². The molecule has 0 bridgehead atoms. The fraction of sp³-hybridized carbons (Fsp3) is 0.333. The van der Waals surface area contributed by atoms with E-state index >= 15 is 0 Å². The molecule has 1 aliphatic heterocycles. The van der Waals surface area contributed by atoms with Crippen molar-refractivity contribution in [2.45, 2.75) is 20.0 Å². The smallest absolute Gasteiger partial charge is 0.127 e. The first kappa shape index (κ1) is 15.4. The molecule has 3 heteroatoms. The summed E-state index contributed by atoms with van der Waals surface area (Å²) in [6.45, 7) is 9.61. The third-order valence-electron chi connectivity index (χ3n) is 5.48. The highest BCUT2D eigenvalue weighted by atomic mass is 15.3. The van der Waals surface area contributed by atoms with Gasteiger partial charge < -0.3 is 14.8 Å². The van der Waals surface area contributed by atoms with E-state index < -0.39 is 0 Å². The molecule has 1 fully saturated rings. The normalized spacial score (nSPS) is 21.2. The van der Waals surface area contributed by atoms with Gasteiger partial charge in [-0.25, -0.2) is 0 Å². The first-order valence-electron chi connectivity index (χ1n) is 9.06. The zero-order valence-electron chi connectivity index (χ0n) is 14.4. The molecule has 3 aromatic rings. The lowest BCUT2D eigenvalue weighted by Gasteiger charge is -2.30. The number of quaternary nitrogens is 2. The minimum Gasteiger partial charge on any atom is -0.361 e. The topological polar surface area (TPSA) is 24.7 Å². The predicted molar refractivity (Wildman–Crippen MR) is 98.3 cm³/mol. The van der Waals surface area contributed by atoms with Gasteiger partial charge in [0, 0.05) is 28.2 Å². The average molecular weight is 321 g/mol. The number of hydrogen-bond donors (Lipinski definition) is 3. The van der Waals surface area contributed by atoms with E-state index in [0.717, 1.165) is 6.54 Å². The van der Waals surface area contributed by atoms with Crippen LogP contribution in [0, 0.1) is 6.92 Å². The number of aryl methyl sites for hydroxylation is 1. The molecule has 24 heavy (non-hydrogen) atoms. The van der Waals surface area contributed by atoms with Gasteiger partial charge in [-0.3, -0.25) is 0 Å². The molecule has 0 spiro atoms. The molecule has 0 amide bonds. The third kappa shape index (κ3) is 3.23. The van der Waals surface area contributed by atoms with Crippen molar-refractivity contribution in [2.75, 3.05) is 26.2 Å². The quantitative estimate of drug-likeness (QED) is 0.638. The Kier molecular flexibility index (Phi) is 4.37. The van der Waals surface area contributed by atoms with Crippen LogP contribution in [0.5, 0.6) is 0 Å². The third-order valence-corrected chi connectivity index (χ3v) is 5.48. The number of para-hydroxylation sites is 1. The Bertz CT molecular complexity index is 813. The van der Waals surface area contributed by atoms with E-state index in [4.69, 9.17) is 0 Å². The summed E-state index contributed by atoms with van der Waals surface area (Å²) in [7, 11) is 0. The number of nitrogens with one attached hydrogen (secondary N) is 3. The van der Waals surface area contributed by atoms with Crippen LogP contribution in [-0.4, -0.2) is 31.2 Å². The average Bonchev–Trinajstić information content (AvgIpc) is 3.02. The summed E-state index contributed by atoms with van der Waals surface area (Å²) in [4.78, 5) is 6.85. The maximum atomic E-state index is 3.41. The highest BCUT2D eigenvalue weighted by Crippen LogP contribution is 2.16. The Morgan fingerprint density at radius 2 is 1.42 bits per heavy atom. The van der Waals surface area contributed by atoms with E-state index in [1.54, 1.807) is 9.80 Å². The summed E-state index contributed by atoms with van der Waals surface area (Å²) in [5, 5.41) is 1.39. The molecule has 2 aromatic carbocycles. The molecular formula is C21H27N3+2. The minimum absolute atomic E-state index is 1.14. The summed E-state index contributed by atoms with van der Waals surface area (Å²) in [6, 6.07) is 17.5. The van der Waals surface area contributed by atoms with Gasteiger partial charge >= 0.3 is 0 Å². The van der Waals surface area contributed by atoms with Crippen molar-refractivity contribution in [1.29, 1.82) is 0 Å². The van der Waals surface area contributed by atoms with Crippen molar-refractivity contribution < 1.29 is 9.80 Å². The summed E-state index contributed by atoms with van der Waals surface area (Å²) in [5.41, 5.74) is 5.66. The molecule has 0 saturated carbocycles. The first-order valence-corrected chi connectivity index (χ1v) is 9.06. The molecule has 124 valence electrons. The van der Waals surface area contributed by atoms with Crippen molar-refractivity contribution in [3.8, 4) is 0 Å². The van der Waals surface area contributed by atoms with Crippen molar-refractivity contribution in [2.24, 2.45) is 0 Å². The molecule has 3 N–H and O–H groups in total. The number of aromatic amines is 1. The monoisotopic (exact) mass is 321 g/mol. The van der Waals surface area contributed by atoms with Gasteiger partial charge in [0.25, 0.3) is 0 Å². The molecule has 1 aromatic heterocycles. The summed E-state index contributed by atoms with van der Waals surface area (Å²) >= 11 is 0. The number of fused-ring (bicyclic) bond motifs is 1. The second kappa shape index (κ2) is 6.80. The second-order valence-corrected chi connectivity index (χ2v) is 7.14. The Hall–Kier alpha value is -2.10. The Labute approximate surface area is 143 Å². The van der Waals surface area contributed by atoms with Gasteiger partial charge in [-0.15, -0.1) is 0 Å². The number of aromatic nitrogens is 1.